The number of benzene rings is 10. The van der Waals surface area contributed by atoms with E-state index >= 15 is 0 Å². The van der Waals surface area contributed by atoms with Crippen LogP contribution in [0, 0.1) is 0 Å². The fraction of sp³-hybridized carbons (Fsp3) is 0. The normalized spacial score (nSPS) is 12.2. The molecule has 240 valence electrons. The molecule has 0 unspecified atom stereocenters. The molecule has 0 bridgehead atoms. The molecule has 12 aromatic rings. The largest absolute Gasteiger partial charge is 0.456 e. The molecule has 2 aromatic heterocycles. The van der Waals surface area contributed by atoms with Crippen LogP contribution in [0.3, 0.4) is 0 Å². The molecule has 0 saturated carbocycles. The van der Waals surface area contributed by atoms with Gasteiger partial charge < -0.3 is 8.83 Å². The second-order valence-corrected chi connectivity index (χ2v) is 13.9. The first-order valence-corrected chi connectivity index (χ1v) is 17.8. The van der Waals surface area contributed by atoms with Crippen molar-refractivity contribution < 1.29 is 8.83 Å². The number of para-hydroxylation sites is 2. The summed E-state index contributed by atoms with van der Waals surface area (Å²) in [6.45, 7) is 0. The lowest BCUT2D eigenvalue weighted by atomic mass is 9.84. The van der Waals surface area contributed by atoms with Crippen molar-refractivity contribution in [3.05, 3.63) is 170 Å². The lowest BCUT2D eigenvalue weighted by Crippen LogP contribution is -1.92. The zero-order chi connectivity index (χ0) is 33.9. The Morgan fingerprint density at radius 2 is 0.808 bits per heavy atom. The van der Waals surface area contributed by atoms with Gasteiger partial charge in [0.05, 0.1) is 0 Å². The third-order valence-electron chi connectivity index (χ3n) is 11.2. The highest BCUT2D eigenvalue weighted by Crippen LogP contribution is 2.50. The van der Waals surface area contributed by atoms with Gasteiger partial charge in [-0.05, 0) is 89.9 Å². The van der Waals surface area contributed by atoms with Gasteiger partial charge in [0.1, 0.15) is 22.3 Å². The van der Waals surface area contributed by atoms with E-state index in [0.29, 0.717) is 0 Å². The van der Waals surface area contributed by atoms with Gasteiger partial charge in [-0.3, -0.25) is 0 Å². The highest BCUT2D eigenvalue weighted by Gasteiger charge is 2.24. The van der Waals surface area contributed by atoms with E-state index in [9.17, 15) is 0 Å². The van der Waals surface area contributed by atoms with E-state index in [2.05, 4.69) is 164 Å². The monoisotopic (exact) mass is 660 g/mol. The van der Waals surface area contributed by atoms with Crippen molar-refractivity contribution in [3.63, 3.8) is 0 Å². The molecule has 2 heterocycles. The van der Waals surface area contributed by atoms with Crippen molar-refractivity contribution in [3.8, 4) is 22.3 Å². The summed E-state index contributed by atoms with van der Waals surface area (Å²) in [5.74, 6) is 0. The fourth-order valence-electron chi connectivity index (χ4n) is 9.00. The van der Waals surface area contributed by atoms with Crippen LogP contribution in [-0.2, 0) is 0 Å². The number of fused-ring (bicyclic) bond motifs is 14. The molecule has 10 aromatic carbocycles. The second kappa shape index (κ2) is 10.3. The molecule has 0 aliphatic carbocycles. The molecular formula is C50H28O2. The average Bonchev–Trinajstić information content (AvgIpc) is 3.79. The molecule has 2 nitrogen and oxygen atoms in total. The van der Waals surface area contributed by atoms with Crippen LogP contribution in [0.2, 0.25) is 0 Å². The number of hydrogen-bond acceptors (Lipinski definition) is 2. The molecule has 0 amide bonds. The molecule has 0 fully saturated rings. The van der Waals surface area contributed by atoms with Crippen LogP contribution in [-0.4, -0.2) is 0 Å². The third kappa shape index (κ3) is 3.73. The fourth-order valence-corrected chi connectivity index (χ4v) is 9.00. The van der Waals surface area contributed by atoms with Gasteiger partial charge in [-0.15, -0.1) is 0 Å². The predicted octanol–water partition coefficient (Wildman–Crippen LogP) is 14.6. The summed E-state index contributed by atoms with van der Waals surface area (Å²) in [6.07, 6.45) is 0. The molecule has 0 aliphatic rings. The molecule has 0 spiro atoms. The van der Waals surface area contributed by atoms with Gasteiger partial charge in [0.15, 0.2) is 0 Å². The maximum atomic E-state index is 6.95. The van der Waals surface area contributed by atoms with Crippen LogP contribution >= 0.6 is 0 Å². The van der Waals surface area contributed by atoms with Crippen LogP contribution < -0.4 is 0 Å². The van der Waals surface area contributed by atoms with Crippen molar-refractivity contribution in [1.29, 1.82) is 0 Å². The van der Waals surface area contributed by atoms with E-state index in [1.807, 2.05) is 6.07 Å². The minimum atomic E-state index is 0.879. The molecule has 0 N–H and O–H groups in total. The molecule has 0 aliphatic heterocycles. The number of hydrogen-bond donors (Lipinski definition) is 0. The minimum absolute atomic E-state index is 0.879. The molecular weight excluding hydrogens is 633 g/mol. The quantitative estimate of drug-likeness (QED) is 0.136. The first kappa shape index (κ1) is 27.9. The van der Waals surface area contributed by atoms with Crippen LogP contribution in [0.1, 0.15) is 0 Å². The van der Waals surface area contributed by atoms with Gasteiger partial charge >= 0.3 is 0 Å². The Bertz CT molecular complexity index is 3410. The number of rotatable bonds is 2. The van der Waals surface area contributed by atoms with E-state index in [0.717, 1.165) is 54.8 Å². The van der Waals surface area contributed by atoms with Gasteiger partial charge in [-0.1, -0.05) is 140 Å². The maximum absolute atomic E-state index is 6.95. The summed E-state index contributed by atoms with van der Waals surface area (Å²) < 4.78 is 13.4. The maximum Gasteiger partial charge on any atom is 0.143 e. The van der Waals surface area contributed by atoms with Gasteiger partial charge in [0.25, 0.3) is 0 Å². The van der Waals surface area contributed by atoms with E-state index in [4.69, 9.17) is 8.83 Å². The van der Waals surface area contributed by atoms with E-state index in [-0.39, 0.29) is 0 Å². The highest BCUT2D eigenvalue weighted by atomic mass is 16.3. The Kier molecular flexibility index (Phi) is 5.53. The summed E-state index contributed by atoms with van der Waals surface area (Å²) >= 11 is 0. The first-order chi connectivity index (χ1) is 25.8. The smallest absolute Gasteiger partial charge is 0.143 e. The molecule has 12 rings (SSSR count). The van der Waals surface area contributed by atoms with Crippen molar-refractivity contribution in [2.24, 2.45) is 0 Å². The van der Waals surface area contributed by atoms with Gasteiger partial charge in [0, 0.05) is 38.1 Å². The Morgan fingerprint density at radius 1 is 0.288 bits per heavy atom. The van der Waals surface area contributed by atoms with Gasteiger partial charge in [-0.2, -0.15) is 0 Å². The van der Waals surface area contributed by atoms with Gasteiger partial charge in [-0.25, -0.2) is 0 Å². The SMILES string of the molecule is c1ccc2c(c1)ccc1ccc(-c3c4ccccc4c(-c4cc5ccc6oc7ccccc7c6c5c5c4oc4ccccc45)c4ccccc34)cc12. The van der Waals surface area contributed by atoms with Crippen molar-refractivity contribution >= 4 is 97.7 Å². The lowest BCUT2D eigenvalue weighted by Gasteiger charge is -2.19. The average molecular weight is 661 g/mol. The van der Waals surface area contributed by atoms with E-state index in [1.54, 1.807) is 0 Å². The van der Waals surface area contributed by atoms with Crippen LogP contribution in [0.4, 0.5) is 0 Å². The predicted molar refractivity (Wildman–Crippen MR) is 219 cm³/mol. The van der Waals surface area contributed by atoms with Crippen molar-refractivity contribution in [2.75, 3.05) is 0 Å². The zero-order valence-corrected chi connectivity index (χ0v) is 28.0. The molecule has 0 radical (unpaired) electrons. The van der Waals surface area contributed by atoms with E-state index < -0.39 is 0 Å². The summed E-state index contributed by atoms with van der Waals surface area (Å²) in [5, 5.41) is 16.7. The van der Waals surface area contributed by atoms with E-state index in [1.165, 1.54) is 65.2 Å². The van der Waals surface area contributed by atoms with Crippen LogP contribution in [0.5, 0.6) is 0 Å². The second-order valence-electron chi connectivity index (χ2n) is 13.9. The summed E-state index contributed by atoms with van der Waals surface area (Å²) in [5.41, 5.74) is 8.29. The molecule has 52 heavy (non-hydrogen) atoms. The summed E-state index contributed by atoms with van der Waals surface area (Å²) in [4.78, 5) is 0. The Balaban J connectivity index is 1.24. The standard InChI is InChI=1S/C50H28O2/c1-2-12-33-29(11-1)21-22-30-23-24-31(27-40(30)33)45-34-13-3-5-15-36(34)47(37-16-6-4-14-35(37)45)41-28-32-25-26-44-48(38-17-7-9-19-42(38)51-44)46(32)49-39-18-8-10-20-43(39)52-50(41)49/h1-28H. The Morgan fingerprint density at radius 3 is 1.52 bits per heavy atom. The van der Waals surface area contributed by atoms with Crippen molar-refractivity contribution in [1.82, 2.24) is 0 Å². The van der Waals surface area contributed by atoms with Crippen LogP contribution in [0.15, 0.2) is 179 Å². The third-order valence-corrected chi connectivity index (χ3v) is 11.2. The molecule has 0 atom stereocenters. The highest BCUT2D eigenvalue weighted by molar-refractivity contribution is 6.34. The molecule has 2 heteroatoms. The zero-order valence-electron chi connectivity index (χ0n) is 28.0. The topological polar surface area (TPSA) is 26.3 Å². The Hall–Kier alpha value is -6.90. The minimum Gasteiger partial charge on any atom is -0.456 e. The molecule has 0 saturated heterocycles. The Labute approximate surface area is 297 Å². The lowest BCUT2D eigenvalue weighted by molar-refractivity contribution is 0.669. The van der Waals surface area contributed by atoms with Gasteiger partial charge in [0.2, 0.25) is 0 Å². The summed E-state index contributed by atoms with van der Waals surface area (Å²) in [7, 11) is 0. The van der Waals surface area contributed by atoms with Crippen LogP contribution in [0.25, 0.3) is 120 Å². The number of furan rings is 2. The summed E-state index contributed by atoms with van der Waals surface area (Å²) in [6, 6.07) is 61.3. The van der Waals surface area contributed by atoms with Crippen molar-refractivity contribution in [2.45, 2.75) is 0 Å². The first-order valence-electron chi connectivity index (χ1n) is 17.8.